The lowest BCUT2D eigenvalue weighted by atomic mass is 10.2. The fraction of sp³-hybridized carbons (Fsp3) is 0. The van der Waals surface area contributed by atoms with Crippen LogP contribution >= 0.6 is 0 Å². The third kappa shape index (κ3) is 3.46. The highest BCUT2D eigenvalue weighted by molar-refractivity contribution is 7.89. The molecule has 0 fully saturated rings. The van der Waals surface area contributed by atoms with E-state index in [2.05, 4.69) is 20.6 Å². The predicted molar refractivity (Wildman–Crippen MR) is 102 cm³/mol. The topological polar surface area (TPSA) is 133 Å². The van der Waals surface area contributed by atoms with Crippen LogP contribution in [0.25, 0.3) is 16.9 Å². The molecular formula is C18H14N6O3S. The summed E-state index contributed by atoms with van der Waals surface area (Å²) in [6, 6.07) is 16.0. The van der Waals surface area contributed by atoms with Gasteiger partial charge in [0.1, 0.15) is 5.52 Å². The largest absolute Gasteiger partial charge is 0.322 e. The first kappa shape index (κ1) is 17.8. The standard InChI is InChI=1S/C18H14N6O3S/c19-28(26,27)15-9-5-13(6-10-15)21-18(25)12-3-7-14(8-4-12)24-17-16(22-23-24)2-1-11-20-17/h1-11H,(H,21,25)(H2,19,26,27). The summed E-state index contributed by atoms with van der Waals surface area (Å²) in [6.45, 7) is 0. The van der Waals surface area contributed by atoms with E-state index in [1.54, 1.807) is 41.2 Å². The molecule has 0 atom stereocenters. The van der Waals surface area contributed by atoms with E-state index in [4.69, 9.17) is 5.14 Å². The minimum atomic E-state index is -3.77. The molecule has 3 N–H and O–H groups in total. The Morgan fingerprint density at radius 3 is 2.39 bits per heavy atom. The zero-order valence-electron chi connectivity index (χ0n) is 14.4. The molecule has 2 heterocycles. The van der Waals surface area contributed by atoms with Gasteiger partial charge in [0.05, 0.1) is 10.6 Å². The Hall–Kier alpha value is -3.63. The number of benzene rings is 2. The molecule has 4 rings (SSSR count). The summed E-state index contributed by atoms with van der Waals surface area (Å²) in [5.41, 5.74) is 2.89. The third-order valence-corrected chi connectivity index (χ3v) is 4.95. The van der Waals surface area contributed by atoms with Crippen molar-refractivity contribution in [3.05, 3.63) is 72.4 Å². The van der Waals surface area contributed by atoms with E-state index in [1.165, 1.54) is 24.3 Å². The van der Waals surface area contributed by atoms with Crippen LogP contribution in [0.3, 0.4) is 0 Å². The number of aromatic nitrogens is 4. The third-order valence-electron chi connectivity index (χ3n) is 4.02. The van der Waals surface area contributed by atoms with Crippen molar-refractivity contribution in [1.82, 2.24) is 20.0 Å². The average molecular weight is 394 g/mol. The molecule has 140 valence electrons. The summed E-state index contributed by atoms with van der Waals surface area (Å²) >= 11 is 0. The Balaban J connectivity index is 1.53. The average Bonchev–Trinajstić information content (AvgIpc) is 3.12. The molecule has 0 aliphatic heterocycles. The lowest BCUT2D eigenvalue weighted by Crippen LogP contribution is -2.14. The van der Waals surface area contributed by atoms with Gasteiger partial charge in [-0.3, -0.25) is 4.79 Å². The molecule has 0 aliphatic rings. The van der Waals surface area contributed by atoms with Crippen LogP contribution in [-0.4, -0.2) is 34.3 Å². The maximum absolute atomic E-state index is 12.4. The fourth-order valence-electron chi connectivity index (χ4n) is 2.62. The lowest BCUT2D eigenvalue weighted by molar-refractivity contribution is 0.102. The van der Waals surface area contributed by atoms with Gasteiger partial charge in [-0.1, -0.05) is 5.21 Å². The minimum absolute atomic E-state index is 0.0245. The monoisotopic (exact) mass is 394 g/mol. The van der Waals surface area contributed by atoms with Crippen LogP contribution in [0.4, 0.5) is 5.69 Å². The lowest BCUT2D eigenvalue weighted by Gasteiger charge is -2.07. The highest BCUT2D eigenvalue weighted by Gasteiger charge is 2.11. The zero-order chi connectivity index (χ0) is 19.7. The van der Waals surface area contributed by atoms with Crippen molar-refractivity contribution in [2.24, 2.45) is 5.14 Å². The van der Waals surface area contributed by atoms with Crippen molar-refractivity contribution in [2.45, 2.75) is 4.90 Å². The number of nitrogens with one attached hydrogen (secondary N) is 1. The molecule has 28 heavy (non-hydrogen) atoms. The summed E-state index contributed by atoms with van der Waals surface area (Å²) in [4.78, 5) is 16.6. The van der Waals surface area contributed by atoms with Crippen LogP contribution < -0.4 is 10.5 Å². The quantitative estimate of drug-likeness (QED) is 0.541. The Bertz CT molecular complexity index is 1260. The molecule has 9 nitrogen and oxygen atoms in total. The fourth-order valence-corrected chi connectivity index (χ4v) is 3.14. The van der Waals surface area contributed by atoms with Crippen LogP contribution in [0, 0.1) is 0 Å². The van der Waals surface area contributed by atoms with E-state index in [0.717, 1.165) is 5.69 Å². The number of carbonyl (C=O) groups excluding carboxylic acids is 1. The highest BCUT2D eigenvalue weighted by Crippen LogP contribution is 2.17. The molecule has 0 saturated heterocycles. The molecule has 10 heteroatoms. The van der Waals surface area contributed by atoms with Crippen LogP contribution in [-0.2, 0) is 10.0 Å². The molecule has 0 aliphatic carbocycles. The second-order valence-corrected chi connectivity index (χ2v) is 7.48. The van der Waals surface area contributed by atoms with Gasteiger partial charge in [-0.05, 0) is 60.7 Å². The number of nitrogens with two attached hydrogens (primary N) is 1. The number of hydrogen-bond donors (Lipinski definition) is 2. The van der Waals surface area contributed by atoms with Crippen molar-refractivity contribution in [3.63, 3.8) is 0 Å². The van der Waals surface area contributed by atoms with Crippen molar-refractivity contribution < 1.29 is 13.2 Å². The minimum Gasteiger partial charge on any atom is -0.322 e. The number of nitrogens with zero attached hydrogens (tertiary/aromatic N) is 4. The number of pyridine rings is 1. The first-order valence-electron chi connectivity index (χ1n) is 8.13. The number of sulfonamides is 1. The first-order valence-corrected chi connectivity index (χ1v) is 9.67. The molecule has 0 spiro atoms. The van der Waals surface area contributed by atoms with Gasteiger partial charge >= 0.3 is 0 Å². The number of amides is 1. The van der Waals surface area contributed by atoms with Gasteiger partial charge < -0.3 is 5.32 Å². The highest BCUT2D eigenvalue weighted by atomic mass is 32.2. The summed E-state index contributed by atoms with van der Waals surface area (Å²) < 4.78 is 24.1. The van der Waals surface area contributed by atoms with E-state index in [0.29, 0.717) is 22.4 Å². The smallest absolute Gasteiger partial charge is 0.255 e. The van der Waals surface area contributed by atoms with Crippen LogP contribution in [0.5, 0.6) is 0 Å². The van der Waals surface area contributed by atoms with E-state index in [-0.39, 0.29) is 10.8 Å². The number of carbonyl (C=O) groups is 1. The molecule has 0 bridgehead atoms. The Kier molecular flexibility index (Phi) is 4.34. The van der Waals surface area contributed by atoms with Crippen molar-refractivity contribution in [1.29, 1.82) is 0 Å². The van der Waals surface area contributed by atoms with E-state index in [9.17, 15) is 13.2 Å². The summed E-state index contributed by atoms with van der Waals surface area (Å²) in [7, 11) is -3.77. The van der Waals surface area contributed by atoms with Gasteiger partial charge in [0.15, 0.2) is 5.65 Å². The SMILES string of the molecule is NS(=O)(=O)c1ccc(NC(=O)c2ccc(-n3nnc4cccnc43)cc2)cc1. The molecular weight excluding hydrogens is 380 g/mol. The molecule has 2 aromatic heterocycles. The first-order chi connectivity index (χ1) is 13.4. The van der Waals surface area contributed by atoms with E-state index in [1.807, 2.05) is 6.07 Å². The molecule has 4 aromatic rings. The van der Waals surface area contributed by atoms with Crippen LogP contribution in [0.15, 0.2) is 71.8 Å². The van der Waals surface area contributed by atoms with Crippen molar-refractivity contribution in [2.75, 3.05) is 5.32 Å². The van der Waals surface area contributed by atoms with Gasteiger partial charge in [-0.2, -0.15) is 4.68 Å². The van der Waals surface area contributed by atoms with E-state index < -0.39 is 10.0 Å². The van der Waals surface area contributed by atoms with Crippen molar-refractivity contribution in [3.8, 4) is 5.69 Å². The number of anilines is 1. The van der Waals surface area contributed by atoms with Gasteiger partial charge in [0, 0.05) is 17.4 Å². The van der Waals surface area contributed by atoms with Gasteiger partial charge in [0.2, 0.25) is 10.0 Å². The van der Waals surface area contributed by atoms with Gasteiger partial charge in [-0.15, -0.1) is 5.10 Å². The number of hydrogen-bond acceptors (Lipinski definition) is 6. The zero-order valence-corrected chi connectivity index (χ0v) is 15.2. The summed E-state index contributed by atoms with van der Waals surface area (Å²) in [5.74, 6) is -0.337. The van der Waals surface area contributed by atoms with Gasteiger partial charge in [0.25, 0.3) is 5.91 Å². The Morgan fingerprint density at radius 1 is 1.00 bits per heavy atom. The summed E-state index contributed by atoms with van der Waals surface area (Å²) in [6.07, 6.45) is 1.66. The molecule has 1 amide bonds. The second-order valence-electron chi connectivity index (χ2n) is 5.92. The predicted octanol–water partition coefficient (Wildman–Crippen LogP) is 1.72. The summed E-state index contributed by atoms with van der Waals surface area (Å²) in [5, 5.41) is 15.9. The van der Waals surface area contributed by atoms with E-state index >= 15 is 0 Å². The molecule has 0 saturated carbocycles. The Morgan fingerprint density at radius 2 is 1.71 bits per heavy atom. The van der Waals surface area contributed by atoms with Crippen LogP contribution in [0.1, 0.15) is 10.4 Å². The number of primary sulfonamides is 1. The van der Waals surface area contributed by atoms with Gasteiger partial charge in [-0.25, -0.2) is 18.5 Å². The number of fused-ring (bicyclic) bond motifs is 1. The molecule has 0 radical (unpaired) electrons. The molecule has 0 unspecified atom stereocenters. The number of rotatable bonds is 4. The normalized spacial score (nSPS) is 11.5. The van der Waals surface area contributed by atoms with Crippen molar-refractivity contribution >= 4 is 32.8 Å². The second kappa shape index (κ2) is 6.83. The maximum atomic E-state index is 12.4. The van der Waals surface area contributed by atoms with Crippen LogP contribution in [0.2, 0.25) is 0 Å². The molecule has 2 aromatic carbocycles. The Labute approximate surface area is 159 Å². The maximum Gasteiger partial charge on any atom is 0.255 e.